The van der Waals surface area contributed by atoms with Crippen LogP contribution < -0.4 is 10.6 Å². The minimum Gasteiger partial charge on any atom is -0.385 e. The van der Waals surface area contributed by atoms with Gasteiger partial charge in [0.2, 0.25) is 0 Å². The molecule has 0 unspecified atom stereocenters. The largest absolute Gasteiger partial charge is 0.385 e. The predicted molar refractivity (Wildman–Crippen MR) is 145 cm³/mol. The number of nitrogens with zero attached hydrogens (tertiary/aromatic N) is 4. The molecule has 5 rings (SSSR count). The van der Waals surface area contributed by atoms with Crippen LogP contribution in [-0.2, 0) is 11.8 Å². The molecule has 1 aliphatic rings. The molecule has 2 aromatic carbocycles. The van der Waals surface area contributed by atoms with Gasteiger partial charge in [0.1, 0.15) is 11.5 Å². The number of carbonyl (C=O) groups is 1. The average molecular weight is 535 g/mol. The van der Waals surface area contributed by atoms with Crippen LogP contribution in [0.4, 0.5) is 19.4 Å². The maximum absolute atomic E-state index is 14.1. The number of aryl methyl sites for hydroxylation is 1. The summed E-state index contributed by atoms with van der Waals surface area (Å²) in [4.78, 5) is 13.4. The summed E-state index contributed by atoms with van der Waals surface area (Å²) >= 11 is 0. The van der Waals surface area contributed by atoms with E-state index in [0.717, 1.165) is 35.7 Å². The van der Waals surface area contributed by atoms with Crippen LogP contribution in [0.1, 0.15) is 36.3 Å². The molecule has 0 radical (unpaired) electrons. The number of para-hydroxylation sites is 1. The van der Waals surface area contributed by atoms with Gasteiger partial charge >= 0.3 is 6.03 Å². The quantitative estimate of drug-likeness (QED) is 0.309. The summed E-state index contributed by atoms with van der Waals surface area (Å²) in [5.74, 6) is -1.11. The Hall–Kier alpha value is -4.05. The van der Waals surface area contributed by atoms with E-state index in [2.05, 4.69) is 15.7 Å². The zero-order chi connectivity index (χ0) is 27.5. The summed E-state index contributed by atoms with van der Waals surface area (Å²) in [6.07, 6.45) is 5.88. The van der Waals surface area contributed by atoms with E-state index in [-0.39, 0.29) is 17.9 Å². The van der Waals surface area contributed by atoms with Crippen molar-refractivity contribution in [3.63, 3.8) is 0 Å². The number of urea groups is 1. The predicted octanol–water partition coefficient (Wildman–Crippen LogP) is 5.58. The van der Waals surface area contributed by atoms with Gasteiger partial charge in [0.15, 0.2) is 11.6 Å². The van der Waals surface area contributed by atoms with E-state index >= 15 is 0 Å². The third-order valence-electron chi connectivity index (χ3n) is 7.41. The molecule has 2 amide bonds. The zero-order valence-corrected chi connectivity index (χ0v) is 22.2. The molecular weight excluding hydrogens is 502 g/mol. The lowest BCUT2D eigenvalue weighted by atomic mass is 9.93. The minimum absolute atomic E-state index is 0.154. The molecule has 39 heavy (non-hydrogen) atoms. The van der Waals surface area contributed by atoms with E-state index in [9.17, 15) is 13.6 Å². The Labute approximate surface area is 226 Å². The number of hydrogen-bond acceptors (Lipinski definition) is 4. The van der Waals surface area contributed by atoms with Crippen LogP contribution in [0.5, 0.6) is 0 Å². The summed E-state index contributed by atoms with van der Waals surface area (Å²) in [6.45, 7) is 2.51. The fourth-order valence-corrected chi connectivity index (χ4v) is 5.46. The Kier molecular flexibility index (Phi) is 7.74. The number of hydrogen-bond donors (Lipinski definition) is 2. The summed E-state index contributed by atoms with van der Waals surface area (Å²) < 4.78 is 36.4. The first-order valence-electron chi connectivity index (χ1n) is 13.0. The molecule has 0 bridgehead atoms. The van der Waals surface area contributed by atoms with Gasteiger partial charge in [-0.1, -0.05) is 24.3 Å². The molecule has 0 aliphatic heterocycles. The van der Waals surface area contributed by atoms with Crippen molar-refractivity contribution in [1.82, 2.24) is 24.9 Å². The fourth-order valence-electron chi connectivity index (χ4n) is 5.46. The third-order valence-corrected chi connectivity index (χ3v) is 7.41. The van der Waals surface area contributed by atoms with E-state index in [1.54, 1.807) is 28.7 Å². The van der Waals surface area contributed by atoms with Crippen molar-refractivity contribution in [1.29, 1.82) is 0 Å². The minimum atomic E-state index is -0.888. The van der Waals surface area contributed by atoms with E-state index in [1.807, 2.05) is 50.5 Å². The monoisotopic (exact) mass is 534 g/mol. The highest BCUT2D eigenvalue weighted by atomic mass is 19.2. The van der Waals surface area contributed by atoms with Crippen molar-refractivity contribution in [2.45, 2.75) is 38.1 Å². The molecular formula is C29H32F2N6O2. The first kappa shape index (κ1) is 26.6. The molecule has 1 fully saturated rings. The number of rotatable bonds is 8. The van der Waals surface area contributed by atoms with Gasteiger partial charge in [0.05, 0.1) is 11.9 Å². The normalized spacial score (nSPS) is 18.8. The van der Waals surface area contributed by atoms with Crippen molar-refractivity contribution in [2.24, 2.45) is 13.0 Å². The first-order valence-corrected chi connectivity index (χ1v) is 13.0. The maximum Gasteiger partial charge on any atom is 0.320 e. The van der Waals surface area contributed by atoms with Gasteiger partial charge < -0.3 is 10.1 Å². The summed E-state index contributed by atoms with van der Waals surface area (Å²) in [6, 6.07) is 12.9. The van der Waals surface area contributed by atoms with Crippen LogP contribution in [0.15, 0.2) is 60.9 Å². The number of ether oxygens (including phenoxy) is 1. The number of benzene rings is 2. The Balaban J connectivity index is 1.42. The number of carbonyl (C=O) groups excluding carboxylic acids is 1. The van der Waals surface area contributed by atoms with Crippen molar-refractivity contribution < 1.29 is 18.3 Å². The molecule has 2 aromatic heterocycles. The highest BCUT2D eigenvalue weighted by molar-refractivity contribution is 5.91. The molecule has 4 aromatic rings. The van der Waals surface area contributed by atoms with Crippen molar-refractivity contribution in [2.75, 3.05) is 19.0 Å². The number of aromatic nitrogens is 4. The summed E-state index contributed by atoms with van der Waals surface area (Å²) in [7, 11) is 3.49. The van der Waals surface area contributed by atoms with Crippen LogP contribution in [0.3, 0.4) is 0 Å². The highest BCUT2D eigenvalue weighted by Gasteiger charge is 2.36. The molecule has 10 heteroatoms. The number of halogens is 2. The maximum atomic E-state index is 14.1. The number of nitrogens with one attached hydrogen (secondary N) is 2. The van der Waals surface area contributed by atoms with Gasteiger partial charge in [-0.2, -0.15) is 10.2 Å². The van der Waals surface area contributed by atoms with Crippen LogP contribution >= 0.6 is 0 Å². The summed E-state index contributed by atoms with van der Waals surface area (Å²) in [5, 5.41) is 15.2. The zero-order valence-electron chi connectivity index (χ0n) is 22.2. The second-order valence-corrected chi connectivity index (χ2v) is 10.1. The van der Waals surface area contributed by atoms with Crippen LogP contribution in [0.2, 0.25) is 0 Å². The Morgan fingerprint density at radius 2 is 1.92 bits per heavy atom. The lowest BCUT2D eigenvalue weighted by molar-refractivity contribution is 0.177. The van der Waals surface area contributed by atoms with E-state index in [0.29, 0.717) is 30.1 Å². The number of methoxy groups -OCH3 is 1. The molecule has 2 heterocycles. The molecule has 0 saturated heterocycles. The van der Waals surface area contributed by atoms with E-state index < -0.39 is 17.7 Å². The van der Waals surface area contributed by atoms with Crippen LogP contribution in [-0.4, -0.2) is 45.4 Å². The molecule has 3 atom stereocenters. The van der Waals surface area contributed by atoms with Gasteiger partial charge in [-0.05, 0) is 61.9 Å². The molecule has 1 saturated carbocycles. The molecule has 2 N–H and O–H groups in total. The van der Waals surface area contributed by atoms with Gasteiger partial charge in [0, 0.05) is 50.0 Å². The SMILES string of the molecule is COCC[C@@H]1C[C@@H](NC(=O)Nc2c(C)c(-c3cnn(C)c3)nn2-c2ccccc2)[C@H](c2ccc(F)c(F)c2)C1. The standard InChI is InChI=1S/C29H32F2N6O2/c1-18-27(21-16-32-36(2)17-21)35-37(22-7-5-4-6-8-22)28(18)34-29(38)33-26-14-19(11-12-39-3)13-23(26)20-9-10-24(30)25(31)15-20/h4-10,15-17,19,23,26H,11-14H2,1-3H3,(H2,33,34,38)/t19-,23-,26+/m0/s1. The number of anilines is 1. The Bertz CT molecular complexity index is 1450. The van der Waals surface area contributed by atoms with Gasteiger partial charge in [-0.15, -0.1) is 0 Å². The molecule has 204 valence electrons. The first-order chi connectivity index (χ1) is 18.8. The molecule has 1 aliphatic carbocycles. The topological polar surface area (TPSA) is 86.0 Å². The van der Waals surface area contributed by atoms with Crippen LogP contribution in [0.25, 0.3) is 16.9 Å². The summed E-state index contributed by atoms with van der Waals surface area (Å²) in [5.41, 5.74) is 3.81. The molecule has 8 nitrogen and oxygen atoms in total. The molecule has 0 spiro atoms. The third kappa shape index (κ3) is 5.70. The Morgan fingerprint density at radius 3 is 2.62 bits per heavy atom. The fraction of sp³-hybridized carbons (Fsp3) is 0.345. The van der Waals surface area contributed by atoms with Gasteiger partial charge in [0.25, 0.3) is 0 Å². The Morgan fingerprint density at radius 1 is 1.13 bits per heavy atom. The second kappa shape index (κ2) is 11.4. The van der Waals surface area contributed by atoms with Crippen molar-refractivity contribution in [3.8, 4) is 16.9 Å². The van der Waals surface area contributed by atoms with Gasteiger partial charge in [-0.25, -0.2) is 18.3 Å². The van der Waals surface area contributed by atoms with Crippen molar-refractivity contribution in [3.05, 3.63) is 83.7 Å². The van der Waals surface area contributed by atoms with Crippen molar-refractivity contribution >= 4 is 11.8 Å². The highest BCUT2D eigenvalue weighted by Crippen LogP contribution is 2.41. The average Bonchev–Trinajstić information content (AvgIpc) is 3.62. The van der Waals surface area contributed by atoms with Gasteiger partial charge in [-0.3, -0.25) is 10.00 Å². The van der Waals surface area contributed by atoms with Crippen LogP contribution in [0, 0.1) is 24.5 Å². The lowest BCUT2D eigenvalue weighted by Crippen LogP contribution is -2.40. The smallest absolute Gasteiger partial charge is 0.320 e. The second-order valence-electron chi connectivity index (χ2n) is 10.1. The van der Waals surface area contributed by atoms with E-state index in [4.69, 9.17) is 9.84 Å². The van der Waals surface area contributed by atoms with E-state index in [1.165, 1.54) is 6.07 Å². The number of amides is 2. The lowest BCUT2D eigenvalue weighted by Gasteiger charge is -2.22.